The van der Waals surface area contributed by atoms with E-state index in [0.29, 0.717) is 0 Å². The second-order valence-electron chi connectivity index (χ2n) is 6.64. The van der Waals surface area contributed by atoms with Crippen LogP contribution >= 0.6 is 0 Å². The molecule has 1 aliphatic heterocycles. The number of rotatable bonds is 2. The summed E-state index contributed by atoms with van der Waals surface area (Å²) in [6.45, 7) is 8.43. The van der Waals surface area contributed by atoms with Gasteiger partial charge in [-0.25, -0.2) is 4.79 Å². The first-order valence-corrected chi connectivity index (χ1v) is 9.07. The summed E-state index contributed by atoms with van der Waals surface area (Å²) in [5, 5.41) is 3.14. The number of carbonyl (C=O) groups is 1. The lowest BCUT2D eigenvalue weighted by atomic mass is 10.2. The van der Waals surface area contributed by atoms with E-state index >= 15 is 0 Å². The summed E-state index contributed by atoms with van der Waals surface area (Å²) in [5.41, 5.74) is 0.548. The zero-order valence-corrected chi connectivity index (χ0v) is 15.6. The quantitative estimate of drug-likeness (QED) is 0.788. The predicted molar refractivity (Wildman–Crippen MR) is 91.4 cm³/mol. The predicted octanol–water partition coefficient (Wildman–Crippen LogP) is 2.41. The molecule has 0 bridgehead atoms. The molecule has 0 spiro atoms. The van der Waals surface area contributed by atoms with Crippen LogP contribution in [0.5, 0.6) is 0 Å². The smallest absolute Gasteiger partial charge is 0.411 e. The molecular formula is C16H26N2O5S. The summed E-state index contributed by atoms with van der Waals surface area (Å²) in [4.78, 5) is 13.0. The minimum absolute atomic E-state index is 0.0666. The molecule has 0 aliphatic carbocycles. The maximum Gasteiger partial charge on any atom is 0.411 e. The SMILES string of the molecule is CN(C(=O)OC(C)(C)C)C1CCN1.Cc1ccc(S(=O)(=O)O)cc1. The van der Waals surface area contributed by atoms with Gasteiger partial charge in [-0.15, -0.1) is 0 Å². The third kappa shape index (κ3) is 6.86. The Morgan fingerprint density at radius 3 is 2.12 bits per heavy atom. The van der Waals surface area contributed by atoms with Crippen molar-refractivity contribution >= 4 is 16.2 Å². The van der Waals surface area contributed by atoms with Crippen LogP contribution in [0, 0.1) is 6.92 Å². The van der Waals surface area contributed by atoms with Gasteiger partial charge in [-0.1, -0.05) is 17.7 Å². The van der Waals surface area contributed by atoms with Crippen LogP contribution in [0.4, 0.5) is 4.79 Å². The molecular weight excluding hydrogens is 332 g/mol. The molecule has 2 rings (SSSR count). The normalized spacial score (nSPS) is 17.2. The maximum absolute atomic E-state index is 11.5. The van der Waals surface area contributed by atoms with Crippen molar-refractivity contribution in [3.05, 3.63) is 29.8 Å². The number of nitrogens with zero attached hydrogens (tertiary/aromatic N) is 1. The lowest BCUT2D eigenvalue weighted by Gasteiger charge is -2.36. The molecule has 0 radical (unpaired) electrons. The molecule has 1 atom stereocenters. The Morgan fingerprint density at radius 1 is 1.29 bits per heavy atom. The van der Waals surface area contributed by atoms with Gasteiger partial charge in [-0.05, 0) is 46.2 Å². The van der Waals surface area contributed by atoms with Crippen molar-refractivity contribution in [1.82, 2.24) is 10.2 Å². The summed E-state index contributed by atoms with van der Waals surface area (Å²) >= 11 is 0. The number of benzene rings is 1. The van der Waals surface area contributed by atoms with E-state index in [2.05, 4.69) is 5.32 Å². The summed E-state index contributed by atoms with van der Waals surface area (Å²) in [6.07, 6.45) is 0.912. The number of hydrogen-bond acceptors (Lipinski definition) is 5. The zero-order chi connectivity index (χ0) is 18.5. The highest BCUT2D eigenvalue weighted by Crippen LogP contribution is 2.13. The minimum Gasteiger partial charge on any atom is -0.444 e. The van der Waals surface area contributed by atoms with Crippen LogP contribution in [0.2, 0.25) is 0 Å². The largest absolute Gasteiger partial charge is 0.444 e. The second kappa shape index (κ2) is 7.96. The van der Waals surface area contributed by atoms with Gasteiger partial charge in [-0.2, -0.15) is 8.42 Å². The summed E-state index contributed by atoms with van der Waals surface area (Å²) in [6, 6.07) is 5.99. The fourth-order valence-corrected chi connectivity index (χ4v) is 2.26. The number of amides is 1. The summed E-state index contributed by atoms with van der Waals surface area (Å²) in [7, 11) is -2.26. The molecule has 7 nitrogen and oxygen atoms in total. The number of nitrogens with one attached hydrogen (secondary N) is 1. The van der Waals surface area contributed by atoms with E-state index in [0.717, 1.165) is 18.5 Å². The Balaban J connectivity index is 0.000000243. The molecule has 8 heteroatoms. The Bertz CT molecular complexity index is 646. The molecule has 0 aromatic heterocycles. The minimum atomic E-state index is -4.02. The van der Waals surface area contributed by atoms with E-state index in [9.17, 15) is 13.2 Å². The summed E-state index contributed by atoms with van der Waals surface area (Å²) < 4.78 is 34.8. The molecule has 1 aromatic carbocycles. The van der Waals surface area contributed by atoms with E-state index in [4.69, 9.17) is 9.29 Å². The van der Waals surface area contributed by atoms with Crippen molar-refractivity contribution in [1.29, 1.82) is 0 Å². The van der Waals surface area contributed by atoms with E-state index in [1.807, 2.05) is 27.7 Å². The van der Waals surface area contributed by atoms with Crippen LogP contribution < -0.4 is 5.32 Å². The number of aryl methyl sites for hydroxylation is 1. The fraction of sp³-hybridized carbons (Fsp3) is 0.562. The van der Waals surface area contributed by atoms with Crippen LogP contribution in [0.15, 0.2) is 29.2 Å². The van der Waals surface area contributed by atoms with E-state index in [-0.39, 0.29) is 17.2 Å². The van der Waals surface area contributed by atoms with E-state index < -0.39 is 15.7 Å². The standard InChI is InChI=1S/C9H18N2O2.C7H8O3S/c1-9(2,3)13-8(12)11(4)7-5-6-10-7;1-6-2-4-7(5-3-6)11(8,9)10/h7,10H,5-6H2,1-4H3;2-5H,1H3,(H,8,9,10). The second-order valence-corrected chi connectivity index (χ2v) is 8.06. The van der Waals surface area contributed by atoms with Crippen LogP contribution in [0.25, 0.3) is 0 Å². The van der Waals surface area contributed by atoms with Gasteiger partial charge in [0.1, 0.15) is 5.60 Å². The average molecular weight is 358 g/mol. The fourth-order valence-electron chi connectivity index (χ4n) is 1.78. The van der Waals surface area contributed by atoms with Gasteiger partial charge in [0.05, 0.1) is 11.1 Å². The van der Waals surface area contributed by atoms with E-state index in [1.165, 1.54) is 12.1 Å². The van der Waals surface area contributed by atoms with Gasteiger partial charge >= 0.3 is 6.09 Å². The van der Waals surface area contributed by atoms with Crippen LogP contribution in [0.1, 0.15) is 32.8 Å². The Labute approximate surface area is 143 Å². The molecule has 1 aliphatic rings. The van der Waals surface area contributed by atoms with Crippen molar-refractivity contribution in [2.24, 2.45) is 0 Å². The van der Waals surface area contributed by atoms with Crippen LogP contribution in [-0.4, -0.2) is 49.3 Å². The third-order valence-electron chi connectivity index (χ3n) is 3.27. The summed E-state index contributed by atoms with van der Waals surface area (Å²) in [5.74, 6) is 0. The van der Waals surface area contributed by atoms with Crippen molar-refractivity contribution in [3.8, 4) is 0 Å². The van der Waals surface area contributed by atoms with Crippen LogP contribution in [-0.2, 0) is 14.9 Å². The van der Waals surface area contributed by atoms with Crippen molar-refractivity contribution in [2.45, 2.75) is 50.8 Å². The molecule has 24 heavy (non-hydrogen) atoms. The Kier molecular flexibility index (Phi) is 6.76. The molecule has 1 unspecified atom stereocenters. The van der Waals surface area contributed by atoms with Gasteiger partial charge in [-0.3, -0.25) is 14.8 Å². The number of carbonyl (C=O) groups excluding carboxylic acids is 1. The first-order chi connectivity index (χ1) is 10.9. The lowest BCUT2D eigenvalue weighted by Crippen LogP contribution is -2.56. The molecule has 1 aromatic rings. The molecule has 136 valence electrons. The van der Waals surface area contributed by atoms with Gasteiger partial charge in [0.25, 0.3) is 10.1 Å². The average Bonchev–Trinajstić information content (AvgIpc) is 2.34. The monoisotopic (exact) mass is 358 g/mol. The van der Waals surface area contributed by atoms with Gasteiger partial charge in [0.2, 0.25) is 0 Å². The topological polar surface area (TPSA) is 95.9 Å². The molecule has 1 amide bonds. The van der Waals surface area contributed by atoms with Crippen molar-refractivity contribution in [3.63, 3.8) is 0 Å². The van der Waals surface area contributed by atoms with Gasteiger partial charge < -0.3 is 4.74 Å². The molecule has 1 heterocycles. The van der Waals surface area contributed by atoms with Gasteiger partial charge in [0.15, 0.2) is 0 Å². The van der Waals surface area contributed by atoms with E-state index in [1.54, 1.807) is 24.1 Å². The van der Waals surface area contributed by atoms with Crippen LogP contribution in [0.3, 0.4) is 0 Å². The highest BCUT2D eigenvalue weighted by molar-refractivity contribution is 7.85. The first-order valence-electron chi connectivity index (χ1n) is 7.63. The Morgan fingerprint density at radius 2 is 1.79 bits per heavy atom. The molecule has 2 N–H and O–H groups in total. The highest BCUT2D eigenvalue weighted by atomic mass is 32.2. The number of hydrogen-bond donors (Lipinski definition) is 2. The third-order valence-corrected chi connectivity index (χ3v) is 4.13. The molecule has 1 saturated heterocycles. The maximum atomic E-state index is 11.5. The highest BCUT2D eigenvalue weighted by Gasteiger charge is 2.28. The molecule has 0 saturated carbocycles. The zero-order valence-electron chi connectivity index (χ0n) is 14.7. The first kappa shape index (κ1) is 20.4. The van der Waals surface area contributed by atoms with Crippen molar-refractivity contribution in [2.75, 3.05) is 13.6 Å². The van der Waals surface area contributed by atoms with Crippen molar-refractivity contribution < 1.29 is 22.5 Å². The Hall–Kier alpha value is -1.64. The van der Waals surface area contributed by atoms with Gasteiger partial charge in [0, 0.05) is 13.6 Å². The number of ether oxygens (including phenoxy) is 1. The molecule has 1 fully saturated rings. The lowest BCUT2D eigenvalue weighted by molar-refractivity contribution is 0.0114.